The Kier molecular flexibility index (Phi) is 4.34. The molecule has 1 aromatic carbocycles. The molecule has 0 saturated carbocycles. The van der Waals surface area contributed by atoms with Gasteiger partial charge in [0.2, 0.25) is 0 Å². The fraction of sp³-hybridized carbons (Fsp3) is 0.0769. The highest BCUT2D eigenvalue weighted by Gasteiger charge is 2.14. The van der Waals surface area contributed by atoms with Crippen molar-refractivity contribution in [3.05, 3.63) is 57.2 Å². The number of nitrogens with zero attached hydrogens (tertiary/aromatic N) is 2. The number of anilines is 1. The van der Waals surface area contributed by atoms with Gasteiger partial charge in [0.15, 0.2) is 0 Å². The monoisotopic (exact) mass is 307 g/mol. The van der Waals surface area contributed by atoms with E-state index in [0.29, 0.717) is 10.8 Å². The molecule has 108 valence electrons. The minimum atomic E-state index is -0.571. The molecule has 21 heavy (non-hydrogen) atoms. The van der Waals surface area contributed by atoms with Gasteiger partial charge in [-0.1, -0.05) is 11.6 Å². The Morgan fingerprint density at radius 2 is 2.14 bits per heavy atom. The molecule has 0 aliphatic carbocycles. The fourth-order valence-electron chi connectivity index (χ4n) is 1.61. The maximum atomic E-state index is 12.1. The van der Waals surface area contributed by atoms with Gasteiger partial charge in [-0.2, -0.15) is 0 Å². The molecule has 0 saturated heterocycles. The van der Waals surface area contributed by atoms with Crippen LogP contribution in [0.15, 0.2) is 36.5 Å². The van der Waals surface area contributed by atoms with Crippen molar-refractivity contribution in [1.29, 1.82) is 0 Å². The largest absolute Gasteiger partial charge is 0.496 e. The van der Waals surface area contributed by atoms with Crippen LogP contribution in [0.3, 0.4) is 0 Å². The van der Waals surface area contributed by atoms with Crippen LogP contribution in [-0.4, -0.2) is 22.9 Å². The maximum Gasteiger partial charge on any atom is 0.287 e. The predicted octanol–water partition coefficient (Wildman–Crippen LogP) is 2.90. The van der Waals surface area contributed by atoms with E-state index in [4.69, 9.17) is 16.3 Å². The second-order valence-corrected chi connectivity index (χ2v) is 4.39. The molecule has 2 aromatic rings. The average Bonchev–Trinajstić information content (AvgIpc) is 2.47. The second kappa shape index (κ2) is 6.19. The summed E-state index contributed by atoms with van der Waals surface area (Å²) in [5.74, 6) is 0.0714. The molecule has 0 spiro atoms. The summed E-state index contributed by atoms with van der Waals surface area (Å²) in [5, 5.41) is 13.4. The molecule has 0 radical (unpaired) electrons. The molecular weight excluding hydrogens is 298 g/mol. The number of methoxy groups -OCH3 is 1. The predicted molar refractivity (Wildman–Crippen MR) is 76.8 cm³/mol. The van der Waals surface area contributed by atoms with Crippen LogP contribution in [0.4, 0.5) is 11.5 Å². The van der Waals surface area contributed by atoms with Crippen LogP contribution in [0.1, 0.15) is 10.4 Å². The highest BCUT2D eigenvalue weighted by atomic mass is 35.5. The quantitative estimate of drug-likeness (QED) is 0.692. The average molecular weight is 308 g/mol. The van der Waals surface area contributed by atoms with Crippen molar-refractivity contribution in [2.24, 2.45) is 0 Å². The molecule has 0 fully saturated rings. The van der Waals surface area contributed by atoms with Crippen LogP contribution in [-0.2, 0) is 0 Å². The van der Waals surface area contributed by atoms with Crippen LogP contribution in [0.2, 0.25) is 5.02 Å². The lowest BCUT2D eigenvalue weighted by atomic mass is 10.2. The number of amides is 1. The lowest BCUT2D eigenvalue weighted by molar-refractivity contribution is -0.385. The number of hydrogen-bond acceptors (Lipinski definition) is 5. The molecule has 1 heterocycles. The molecule has 8 heteroatoms. The van der Waals surface area contributed by atoms with E-state index in [0.717, 1.165) is 6.20 Å². The zero-order valence-electron chi connectivity index (χ0n) is 10.9. The van der Waals surface area contributed by atoms with Gasteiger partial charge < -0.3 is 10.1 Å². The zero-order valence-corrected chi connectivity index (χ0v) is 11.6. The Balaban J connectivity index is 2.21. The summed E-state index contributed by atoms with van der Waals surface area (Å²) in [7, 11) is 1.43. The van der Waals surface area contributed by atoms with Gasteiger partial charge in [-0.25, -0.2) is 4.98 Å². The Morgan fingerprint density at radius 1 is 1.38 bits per heavy atom. The summed E-state index contributed by atoms with van der Waals surface area (Å²) in [6.45, 7) is 0. The third-order valence-electron chi connectivity index (χ3n) is 2.61. The topological polar surface area (TPSA) is 94.4 Å². The third-order valence-corrected chi connectivity index (χ3v) is 2.84. The number of nitro groups is 1. The molecule has 0 atom stereocenters. The first-order chi connectivity index (χ1) is 10.0. The van der Waals surface area contributed by atoms with Gasteiger partial charge in [0.25, 0.3) is 11.6 Å². The molecule has 0 unspecified atom stereocenters. The van der Waals surface area contributed by atoms with Crippen molar-refractivity contribution in [3.63, 3.8) is 0 Å². The fourth-order valence-corrected chi connectivity index (χ4v) is 1.78. The van der Waals surface area contributed by atoms with E-state index in [2.05, 4.69) is 10.3 Å². The normalized spacial score (nSPS) is 10.0. The standard InChI is InChI=1S/C13H10ClN3O4/c1-21-11-4-2-8(14)6-10(11)13(18)16-12-5-3-9(7-15-12)17(19)20/h2-7H,1H3,(H,15,16,18). The van der Waals surface area contributed by atoms with Crippen LogP contribution >= 0.6 is 11.6 Å². The van der Waals surface area contributed by atoms with Crippen molar-refractivity contribution in [1.82, 2.24) is 4.98 Å². The number of pyridine rings is 1. The number of ether oxygens (including phenoxy) is 1. The number of nitrogens with one attached hydrogen (secondary N) is 1. The highest BCUT2D eigenvalue weighted by molar-refractivity contribution is 6.31. The Bertz CT molecular complexity index is 688. The Morgan fingerprint density at radius 3 is 2.71 bits per heavy atom. The van der Waals surface area contributed by atoms with Crippen LogP contribution in [0.25, 0.3) is 0 Å². The van der Waals surface area contributed by atoms with E-state index in [1.54, 1.807) is 12.1 Å². The summed E-state index contributed by atoms with van der Waals surface area (Å²) in [6.07, 6.45) is 1.06. The molecule has 0 aliphatic rings. The van der Waals surface area contributed by atoms with E-state index < -0.39 is 10.8 Å². The van der Waals surface area contributed by atoms with Crippen LogP contribution in [0, 0.1) is 10.1 Å². The molecule has 7 nitrogen and oxygen atoms in total. The first kappa shape index (κ1) is 14.7. The van der Waals surface area contributed by atoms with E-state index in [-0.39, 0.29) is 17.1 Å². The number of halogens is 1. The van der Waals surface area contributed by atoms with Gasteiger partial charge in [-0.15, -0.1) is 0 Å². The number of aromatic nitrogens is 1. The van der Waals surface area contributed by atoms with Crippen molar-refractivity contribution < 1.29 is 14.5 Å². The van der Waals surface area contributed by atoms with Gasteiger partial charge in [0.05, 0.1) is 17.6 Å². The summed E-state index contributed by atoms with van der Waals surface area (Å²) >= 11 is 5.85. The van der Waals surface area contributed by atoms with Gasteiger partial charge in [-0.05, 0) is 24.3 Å². The van der Waals surface area contributed by atoms with E-state index in [9.17, 15) is 14.9 Å². The summed E-state index contributed by atoms with van der Waals surface area (Å²) in [5.41, 5.74) is 0.0819. The number of benzene rings is 1. The lowest BCUT2D eigenvalue weighted by Gasteiger charge is -2.09. The molecule has 2 rings (SSSR count). The van der Waals surface area contributed by atoms with E-state index >= 15 is 0 Å². The Hall–Kier alpha value is -2.67. The summed E-state index contributed by atoms with van der Waals surface area (Å²) in [4.78, 5) is 25.9. The smallest absolute Gasteiger partial charge is 0.287 e. The van der Waals surface area contributed by atoms with Crippen molar-refractivity contribution in [2.75, 3.05) is 12.4 Å². The number of rotatable bonds is 4. The molecular formula is C13H10ClN3O4. The first-order valence-electron chi connectivity index (χ1n) is 5.76. The van der Waals surface area contributed by atoms with Gasteiger partial charge in [-0.3, -0.25) is 14.9 Å². The van der Waals surface area contributed by atoms with E-state index in [1.165, 1.54) is 25.3 Å². The maximum absolute atomic E-state index is 12.1. The molecule has 0 aliphatic heterocycles. The van der Waals surface area contributed by atoms with Crippen molar-refractivity contribution in [2.45, 2.75) is 0 Å². The first-order valence-corrected chi connectivity index (χ1v) is 6.14. The van der Waals surface area contributed by atoms with Crippen molar-refractivity contribution >= 4 is 29.0 Å². The van der Waals surface area contributed by atoms with Crippen molar-refractivity contribution in [3.8, 4) is 5.75 Å². The third kappa shape index (κ3) is 3.46. The minimum absolute atomic E-state index is 0.159. The summed E-state index contributed by atoms with van der Waals surface area (Å²) in [6, 6.07) is 7.22. The lowest BCUT2D eigenvalue weighted by Crippen LogP contribution is -2.14. The van der Waals surface area contributed by atoms with Gasteiger partial charge >= 0.3 is 0 Å². The van der Waals surface area contributed by atoms with Gasteiger partial charge in [0, 0.05) is 11.1 Å². The summed E-state index contributed by atoms with van der Waals surface area (Å²) < 4.78 is 5.08. The van der Waals surface area contributed by atoms with Crippen LogP contribution < -0.4 is 10.1 Å². The number of hydrogen-bond donors (Lipinski definition) is 1. The molecule has 1 aromatic heterocycles. The Labute approximate surface area is 124 Å². The minimum Gasteiger partial charge on any atom is -0.496 e. The van der Waals surface area contributed by atoms with Crippen LogP contribution in [0.5, 0.6) is 5.75 Å². The molecule has 1 N–H and O–H groups in total. The molecule has 0 bridgehead atoms. The highest BCUT2D eigenvalue weighted by Crippen LogP contribution is 2.23. The number of carbonyl (C=O) groups excluding carboxylic acids is 1. The molecule has 1 amide bonds. The second-order valence-electron chi connectivity index (χ2n) is 3.96. The van der Waals surface area contributed by atoms with Gasteiger partial charge in [0.1, 0.15) is 17.8 Å². The zero-order chi connectivity index (χ0) is 15.4. The number of carbonyl (C=O) groups is 1. The van der Waals surface area contributed by atoms with E-state index in [1.807, 2.05) is 0 Å². The SMILES string of the molecule is COc1ccc(Cl)cc1C(=O)Nc1ccc([N+](=O)[O-])cn1.